The van der Waals surface area contributed by atoms with Crippen LogP contribution in [0, 0.1) is 0 Å². The second kappa shape index (κ2) is 10.5. The van der Waals surface area contributed by atoms with Crippen molar-refractivity contribution in [3.8, 4) is 11.5 Å². The molecule has 6 nitrogen and oxygen atoms in total. The summed E-state index contributed by atoms with van der Waals surface area (Å²) in [5, 5.41) is 0. The molecule has 0 unspecified atom stereocenters. The molecule has 0 fully saturated rings. The first-order chi connectivity index (χ1) is 11.5. The van der Waals surface area contributed by atoms with E-state index in [0.29, 0.717) is 44.0 Å². The highest BCUT2D eigenvalue weighted by Crippen LogP contribution is 2.28. The molecule has 0 radical (unpaired) electrons. The zero-order chi connectivity index (χ0) is 17.9. The van der Waals surface area contributed by atoms with Gasteiger partial charge in [-0.3, -0.25) is 9.59 Å². The second-order valence-corrected chi connectivity index (χ2v) is 5.22. The summed E-state index contributed by atoms with van der Waals surface area (Å²) in [6.07, 6.45) is 1.21. The fourth-order valence-electron chi connectivity index (χ4n) is 2.36. The third kappa shape index (κ3) is 6.10. The molecule has 0 saturated carbocycles. The van der Waals surface area contributed by atoms with Crippen molar-refractivity contribution in [1.82, 2.24) is 4.90 Å². The van der Waals surface area contributed by atoms with E-state index in [1.807, 2.05) is 25.1 Å². The van der Waals surface area contributed by atoms with E-state index < -0.39 is 0 Å². The van der Waals surface area contributed by atoms with Crippen LogP contribution in [0.5, 0.6) is 11.5 Å². The number of methoxy groups -OCH3 is 2. The molecule has 0 aliphatic rings. The molecule has 0 aliphatic heterocycles. The Kier molecular flexibility index (Phi) is 8.68. The first-order valence-corrected chi connectivity index (χ1v) is 8.19. The van der Waals surface area contributed by atoms with Crippen molar-refractivity contribution in [2.45, 2.75) is 33.1 Å². The van der Waals surface area contributed by atoms with Crippen LogP contribution in [0.2, 0.25) is 0 Å². The molecular weight excluding hydrogens is 310 g/mol. The van der Waals surface area contributed by atoms with Crippen molar-refractivity contribution in [3.63, 3.8) is 0 Å². The first kappa shape index (κ1) is 19.8. The summed E-state index contributed by atoms with van der Waals surface area (Å²) in [6.45, 7) is 4.99. The average molecular weight is 337 g/mol. The van der Waals surface area contributed by atoms with E-state index in [-0.39, 0.29) is 18.3 Å². The van der Waals surface area contributed by atoms with Crippen LogP contribution < -0.4 is 9.47 Å². The fourth-order valence-corrected chi connectivity index (χ4v) is 2.36. The van der Waals surface area contributed by atoms with Crippen molar-refractivity contribution in [1.29, 1.82) is 0 Å². The molecule has 0 heterocycles. The van der Waals surface area contributed by atoms with Crippen molar-refractivity contribution >= 4 is 11.9 Å². The van der Waals surface area contributed by atoms with E-state index in [1.165, 1.54) is 0 Å². The number of carbonyl (C=O) groups is 2. The molecule has 0 aromatic heterocycles. The van der Waals surface area contributed by atoms with Crippen LogP contribution in [-0.4, -0.2) is 50.7 Å². The molecule has 6 heteroatoms. The van der Waals surface area contributed by atoms with Crippen LogP contribution in [0.1, 0.15) is 32.3 Å². The van der Waals surface area contributed by atoms with E-state index in [4.69, 9.17) is 14.2 Å². The zero-order valence-electron chi connectivity index (χ0n) is 15.0. The standard InChI is InChI=1S/C18H27NO5/c1-5-19(12-11-18(21)24-6-2)17(20)10-8-14-7-9-15(22-3)16(13-14)23-4/h7,9,13H,5-6,8,10-12H2,1-4H3. The Morgan fingerprint density at radius 2 is 1.75 bits per heavy atom. The van der Waals surface area contributed by atoms with Gasteiger partial charge >= 0.3 is 5.97 Å². The summed E-state index contributed by atoms with van der Waals surface area (Å²) < 4.78 is 15.4. The Balaban J connectivity index is 2.55. The molecule has 0 bridgehead atoms. The van der Waals surface area contributed by atoms with Gasteiger partial charge in [0.05, 0.1) is 27.2 Å². The molecule has 1 rings (SSSR count). The smallest absolute Gasteiger partial charge is 0.307 e. The number of ether oxygens (including phenoxy) is 3. The predicted molar refractivity (Wildman–Crippen MR) is 91.4 cm³/mol. The lowest BCUT2D eigenvalue weighted by Crippen LogP contribution is -2.33. The minimum Gasteiger partial charge on any atom is -0.493 e. The normalized spacial score (nSPS) is 10.2. The Morgan fingerprint density at radius 1 is 1.04 bits per heavy atom. The molecule has 0 atom stereocenters. The number of esters is 1. The highest BCUT2D eigenvalue weighted by molar-refractivity contribution is 5.77. The number of carbonyl (C=O) groups excluding carboxylic acids is 2. The first-order valence-electron chi connectivity index (χ1n) is 8.19. The lowest BCUT2D eigenvalue weighted by Gasteiger charge is -2.20. The van der Waals surface area contributed by atoms with E-state index >= 15 is 0 Å². The maximum atomic E-state index is 12.3. The quantitative estimate of drug-likeness (QED) is 0.614. The van der Waals surface area contributed by atoms with Gasteiger partial charge in [0, 0.05) is 19.5 Å². The SMILES string of the molecule is CCOC(=O)CCN(CC)C(=O)CCc1ccc(OC)c(OC)c1. The van der Waals surface area contributed by atoms with Crippen LogP contribution in [0.3, 0.4) is 0 Å². The molecule has 0 N–H and O–H groups in total. The van der Waals surface area contributed by atoms with Gasteiger partial charge in [0.25, 0.3) is 0 Å². The molecule has 1 aromatic carbocycles. The van der Waals surface area contributed by atoms with Crippen LogP contribution in [0.15, 0.2) is 18.2 Å². The van der Waals surface area contributed by atoms with Crippen LogP contribution in [0.4, 0.5) is 0 Å². The molecule has 1 amide bonds. The molecule has 0 aliphatic carbocycles. The lowest BCUT2D eigenvalue weighted by molar-refractivity contribution is -0.144. The van der Waals surface area contributed by atoms with Gasteiger partial charge in [-0.1, -0.05) is 6.07 Å². The van der Waals surface area contributed by atoms with Gasteiger partial charge in [0.1, 0.15) is 0 Å². The fraction of sp³-hybridized carbons (Fsp3) is 0.556. The molecule has 0 spiro atoms. The Morgan fingerprint density at radius 3 is 2.33 bits per heavy atom. The minimum atomic E-state index is -0.274. The summed E-state index contributed by atoms with van der Waals surface area (Å²) in [6, 6.07) is 5.63. The van der Waals surface area contributed by atoms with E-state index in [0.717, 1.165) is 5.56 Å². The number of amides is 1. The van der Waals surface area contributed by atoms with Gasteiger partial charge in [-0.2, -0.15) is 0 Å². The van der Waals surface area contributed by atoms with Crippen LogP contribution in [-0.2, 0) is 20.7 Å². The third-order valence-electron chi connectivity index (χ3n) is 3.70. The van der Waals surface area contributed by atoms with Gasteiger partial charge in [-0.15, -0.1) is 0 Å². The van der Waals surface area contributed by atoms with Gasteiger partial charge < -0.3 is 19.1 Å². The molecule has 0 saturated heterocycles. The number of rotatable bonds is 10. The van der Waals surface area contributed by atoms with Crippen molar-refractivity contribution in [2.24, 2.45) is 0 Å². The molecular formula is C18H27NO5. The predicted octanol–water partition coefficient (Wildman–Crippen LogP) is 2.44. The van der Waals surface area contributed by atoms with Gasteiger partial charge in [0.2, 0.25) is 5.91 Å². The van der Waals surface area contributed by atoms with Gasteiger partial charge in [-0.25, -0.2) is 0 Å². The number of aryl methyl sites for hydroxylation is 1. The van der Waals surface area contributed by atoms with Crippen molar-refractivity contribution < 1.29 is 23.8 Å². The zero-order valence-corrected chi connectivity index (χ0v) is 15.0. The summed E-state index contributed by atoms with van der Waals surface area (Å²) in [5.41, 5.74) is 1.00. The maximum Gasteiger partial charge on any atom is 0.307 e. The van der Waals surface area contributed by atoms with E-state index in [2.05, 4.69) is 0 Å². The van der Waals surface area contributed by atoms with Crippen LogP contribution in [0.25, 0.3) is 0 Å². The number of benzene rings is 1. The summed E-state index contributed by atoms with van der Waals surface area (Å²) in [4.78, 5) is 25.4. The minimum absolute atomic E-state index is 0.0246. The van der Waals surface area contributed by atoms with Crippen molar-refractivity contribution in [3.05, 3.63) is 23.8 Å². The monoisotopic (exact) mass is 337 g/mol. The maximum absolute atomic E-state index is 12.3. The van der Waals surface area contributed by atoms with E-state index in [9.17, 15) is 9.59 Å². The van der Waals surface area contributed by atoms with E-state index in [1.54, 1.807) is 26.0 Å². The largest absolute Gasteiger partial charge is 0.493 e. The second-order valence-electron chi connectivity index (χ2n) is 5.22. The summed E-state index contributed by atoms with van der Waals surface area (Å²) in [5.74, 6) is 1.06. The molecule has 24 heavy (non-hydrogen) atoms. The van der Waals surface area contributed by atoms with Gasteiger partial charge in [0.15, 0.2) is 11.5 Å². The Hall–Kier alpha value is -2.24. The highest BCUT2D eigenvalue weighted by Gasteiger charge is 2.14. The molecule has 134 valence electrons. The Bertz CT molecular complexity index is 544. The Labute approximate surface area is 143 Å². The number of hydrogen-bond donors (Lipinski definition) is 0. The van der Waals surface area contributed by atoms with Crippen LogP contribution >= 0.6 is 0 Å². The number of hydrogen-bond acceptors (Lipinski definition) is 5. The van der Waals surface area contributed by atoms with Gasteiger partial charge in [-0.05, 0) is 38.0 Å². The summed E-state index contributed by atoms with van der Waals surface area (Å²) in [7, 11) is 3.17. The average Bonchev–Trinajstić information content (AvgIpc) is 2.60. The highest BCUT2D eigenvalue weighted by atomic mass is 16.5. The van der Waals surface area contributed by atoms with Crippen molar-refractivity contribution in [2.75, 3.05) is 33.9 Å². The summed E-state index contributed by atoms with van der Waals surface area (Å²) >= 11 is 0. The molecule has 1 aromatic rings. The lowest BCUT2D eigenvalue weighted by atomic mass is 10.1. The number of nitrogens with zero attached hydrogens (tertiary/aromatic N) is 1. The third-order valence-corrected chi connectivity index (χ3v) is 3.70. The topological polar surface area (TPSA) is 65.1 Å².